The number of hydrogen-bond acceptors (Lipinski definition) is 9. The molecule has 6 rings (SSSR count). The summed E-state index contributed by atoms with van der Waals surface area (Å²) in [5.74, 6) is -0.213. The lowest BCUT2D eigenvalue weighted by molar-refractivity contribution is 0.0428. The molecule has 0 N–H and O–H groups in total. The number of carbonyl (C=O) groups is 3. The molecule has 3 aromatic heterocycles. The second kappa shape index (κ2) is 12.0. The van der Waals surface area contributed by atoms with Crippen LogP contribution in [0.1, 0.15) is 76.5 Å². The SMILES string of the molecule is COC(=O)c1cc(-c2ccnc(N(C(=O)OC(C)(C)C)C(=O)OC(C)(C)C)c2)cc2c1nc(C1CC1)n2-c1ccnc2c(F)cccc12. The fourth-order valence-electron chi connectivity index (χ4n) is 5.41. The quantitative estimate of drug-likeness (QED) is 0.137. The summed E-state index contributed by atoms with van der Waals surface area (Å²) >= 11 is 0. The Balaban J connectivity index is 1.57. The van der Waals surface area contributed by atoms with Crippen LogP contribution >= 0.6 is 0 Å². The number of fused-ring (bicyclic) bond motifs is 2. The Kier molecular flexibility index (Phi) is 8.14. The van der Waals surface area contributed by atoms with E-state index < -0.39 is 35.2 Å². The number of amides is 2. The van der Waals surface area contributed by atoms with Crippen molar-refractivity contribution >= 4 is 45.9 Å². The Labute approximate surface area is 276 Å². The van der Waals surface area contributed by atoms with E-state index in [1.54, 1.807) is 78.1 Å². The number of methoxy groups -OCH3 is 1. The van der Waals surface area contributed by atoms with E-state index >= 15 is 0 Å². The minimum Gasteiger partial charge on any atom is -0.465 e. The first kappa shape index (κ1) is 32.5. The molecule has 2 aromatic carbocycles. The molecule has 0 radical (unpaired) electrons. The lowest BCUT2D eigenvalue weighted by atomic mass is 10.0. The van der Waals surface area contributed by atoms with Gasteiger partial charge in [-0.15, -0.1) is 0 Å². The van der Waals surface area contributed by atoms with Crippen molar-refractivity contribution in [1.29, 1.82) is 0 Å². The van der Waals surface area contributed by atoms with Crippen molar-refractivity contribution in [3.05, 3.63) is 78.1 Å². The van der Waals surface area contributed by atoms with E-state index in [1.165, 1.54) is 25.4 Å². The molecule has 0 aliphatic heterocycles. The van der Waals surface area contributed by atoms with Gasteiger partial charge in [-0.25, -0.2) is 28.7 Å². The van der Waals surface area contributed by atoms with Crippen LogP contribution in [-0.4, -0.2) is 56.0 Å². The topological polar surface area (TPSA) is 126 Å². The highest BCUT2D eigenvalue weighted by Crippen LogP contribution is 2.44. The zero-order valence-corrected chi connectivity index (χ0v) is 27.8. The lowest BCUT2D eigenvalue weighted by Crippen LogP contribution is -2.44. The van der Waals surface area contributed by atoms with E-state index in [1.807, 2.05) is 10.6 Å². The van der Waals surface area contributed by atoms with Gasteiger partial charge in [0.05, 0.1) is 23.9 Å². The van der Waals surface area contributed by atoms with Crippen molar-refractivity contribution in [1.82, 2.24) is 19.5 Å². The summed E-state index contributed by atoms with van der Waals surface area (Å²) in [5.41, 5.74) is 1.35. The van der Waals surface area contributed by atoms with Gasteiger partial charge in [-0.3, -0.25) is 9.55 Å². The molecule has 1 aliphatic carbocycles. The van der Waals surface area contributed by atoms with Crippen LogP contribution in [0.3, 0.4) is 0 Å². The van der Waals surface area contributed by atoms with Crippen LogP contribution in [0, 0.1) is 5.82 Å². The largest absolute Gasteiger partial charge is 0.465 e. The maximum atomic E-state index is 14.9. The molecular formula is C36H36FN5O6. The van der Waals surface area contributed by atoms with Gasteiger partial charge in [-0.2, -0.15) is 4.90 Å². The second-order valence-electron chi connectivity index (χ2n) is 13.6. The number of pyridine rings is 2. The lowest BCUT2D eigenvalue weighted by Gasteiger charge is -2.28. The van der Waals surface area contributed by atoms with Gasteiger partial charge in [0.15, 0.2) is 0 Å². The van der Waals surface area contributed by atoms with E-state index in [0.29, 0.717) is 33.2 Å². The van der Waals surface area contributed by atoms with Crippen LogP contribution in [0.4, 0.5) is 19.8 Å². The van der Waals surface area contributed by atoms with Crippen molar-refractivity contribution in [3.8, 4) is 16.8 Å². The van der Waals surface area contributed by atoms with Gasteiger partial charge in [0.25, 0.3) is 0 Å². The maximum Gasteiger partial charge on any atom is 0.425 e. The van der Waals surface area contributed by atoms with Gasteiger partial charge in [0, 0.05) is 23.7 Å². The monoisotopic (exact) mass is 653 g/mol. The number of esters is 1. The highest BCUT2D eigenvalue weighted by Gasteiger charge is 2.35. The molecule has 11 nitrogen and oxygen atoms in total. The van der Waals surface area contributed by atoms with Crippen LogP contribution in [0.25, 0.3) is 38.8 Å². The summed E-state index contributed by atoms with van der Waals surface area (Å²) in [6.45, 7) is 10.1. The third kappa shape index (κ3) is 6.42. The van der Waals surface area contributed by atoms with Crippen LogP contribution in [-0.2, 0) is 14.2 Å². The number of imide groups is 1. The smallest absolute Gasteiger partial charge is 0.425 e. The molecule has 0 unspecified atom stereocenters. The fraction of sp³-hybridized carbons (Fsp3) is 0.333. The molecule has 48 heavy (non-hydrogen) atoms. The van der Waals surface area contributed by atoms with Crippen LogP contribution in [0.15, 0.2) is 60.9 Å². The summed E-state index contributed by atoms with van der Waals surface area (Å²) in [6.07, 6.45) is 2.90. The Morgan fingerprint density at radius 2 is 1.52 bits per heavy atom. The van der Waals surface area contributed by atoms with E-state index in [0.717, 1.165) is 23.6 Å². The molecule has 12 heteroatoms. The molecule has 1 saturated carbocycles. The second-order valence-corrected chi connectivity index (χ2v) is 13.6. The summed E-state index contributed by atoms with van der Waals surface area (Å²) < 4.78 is 33.1. The minimum atomic E-state index is -0.962. The van der Waals surface area contributed by atoms with Gasteiger partial charge in [0.2, 0.25) is 0 Å². The third-order valence-electron chi connectivity index (χ3n) is 7.53. The number of benzene rings is 2. The maximum absolute atomic E-state index is 14.9. The first-order valence-electron chi connectivity index (χ1n) is 15.6. The average molecular weight is 654 g/mol. The molecule has 1 aliphatic rings. The summed E-state index contributed by atoms with van der Waals surface area (Å²) in [6, 6.07) is 13.3. The van der Waals surface area contributed by atoms with E-state index in [9.17, 15) is 18.8 Å². The van der Waals surface area contributed by atoms with Crippen molar-refractivity contribution in [2.45, 2.75) is 71.5 Å². The number of hydrogen-bond donors (Lipinski definition) is 0. The molecule has 0 bridgehead atoms. The number of anilines is 1. The molecule has 2 amide bonds. The number of aromatic nitrogens is 4. The molecule has 0 atom stereocenters. The van der Waals surface area contributed by atoms with Gasteiger partial charge < -0.3 is 14.2 Å². The third-order valence-corrected chi connectivity index (χ3v) is 7.53. The van der Waals surface area contributed by atoms with Crippen molar-refractivity contribution in [3.63, 3.8) is 0 Å². The molecule has 1 fully saturated rings. The van der Waals surface area contributed by atoms with Crippen molar-refractivity contribution in [2.75, 3.05) is 12.0 Å². The number of rotatable bonds is 5. The summed E-state index contributed by atoms with van der Waals surface area (Å²) in [4.78, 5) is 54.3. The highest BCUT2D eigenvalue weighted by atomic mass is 19.1. The number of para-hydroxylation sites is 1. The molecule has 0 spiro atoms. The van der Waals surface area contributed by atoms with E-state index in [4.69, 9.17) is 19.2 Å². The fourth-order valence-corrected chi connectivity index (χ4v) is 5.41. The molecular weight excluding hydrogens is 617 g/mol. The molecule has 5 aromatic rings. The summed E-state index contributed by atoms with van der Waals surface area (Å²) in [7, 11) is 1.29. The van der Waals surface area contributed by atoms with Crippen LogP contribution in [0.2, 0.25) is 0 Å². The zero-order chi connectivity index (χ0) is 34.5. The van der Waals surface area contributed by atoms with Gasteiger partial charge in [-0.1, -0.05) is 12.1 Å². The molecule has 0 saturated heterocycles. The van der Waals surface area contributed by atoms with Gasteiger partial charge in [0.1, 0.15) is 39.7 Å². The Bertz CT molecular complexity index is 2060. The normalized spacial score (nSPS) is 13.4. The first-order valence-corrected chi connectivity index (χ1v) is 15.6. The van der Waals surface area contributed by atoms with Gasteiger partial charge >= 0.3 is 18.2 Å². The number of ether oxygens (including phenoxy) is 3. The first-order chi connectivity index (χ1) is 22.6. The van der Waals surface area contributed by atoms with Crippen molar-refractivity contribution < 1.29 is 33.0 Å². The Hall–Kier alpha value is -5.39. The van der Waals surface area contributed by atoms with Crippen LogP contribution < -0.4 is 4.90 Å². The Morgan fingerprint density at radius 3 is 2.15 bits per heavy atom. The number of halogens is 1. The standard InChI is InChI=1S/C36H36FN5O6/c1-35(2,3)47-33(44)42(34(45)48-36(4,5)6)28-19-21(13-15-38-28)22-17-24(32(43)46-7)30-27(18-22)41(31(40-30)20-11-12-20)26-14-16-39-29-23(26)9-8-10-25(29)37/h8-10,13-20H,11-12H2,1-7H3. The average Bonchev–Trinajstić information content (AvgIpc) is 3.78. The van der Waals surface area contributed by atoms with Crippen molar-refractivity contribution in [2.24, 2.45) is 0 Å². The van der Waals surface area contributed by atoms with Gasteiger partial charge in [-0.05, 0) is 102 Å². The predicted octanol–water partition coefficient (Wildman–Crippen LogP) is 8.12. The summed E-state index contributed by atoms with van der Waals surface area (Å²) in [5, 5.41) is 0.584. The van der Waals surface area contributed by atoms with E-state index in [2.05, 4.69) is 9.97 Å². The van der Waals surface area contributed by atoms with Crippen LogP contribution in [0.5, 0.6) is 0 Å². The number of carbonyl (C=O) groups excluding carboxylic acids is 3. The molecule has 248 valence electrons. The zero-order valence-electron chi connectivity index (χ0n) is 27.8. The Morgan fingerprint density at radius 1 is 0.854 bits per heavy atom. The number of imidazole rings is 1. The van der Waals surface area contributed by atoms with E-state index in [-0.39, 0.29) is 22.8 Å². The predicted molar refractivity (Wildman–Crippen MR) is 178 cm³/mol. The number of nitrogens with zero attached hydrogens (tertiary/aromatic N) is 5. The highest BCUT2D eigenvalue weighted by molar-refractivity contribution is 6.09. The molecule has 3 heterocycles. The minimum absolute atomic E-state index is 0.0431.